The molecule has 1 unspecified atom stereocenters. The van der Waals surface area contributed by atoms with Gasteiger partial charge in [0.25, 0.3) is 0 Å². The van der Waals surface area contributed by atoms with E-state index in [9.17, 15) is 4.79 Å². The molecule has 1 atom stereocenters. The van der Waals surface area contributed by atoms with E-state index >= 15 is 0 Å². The van der Waals surface area contributed by atoms with Gasteiger partial charge in [0.2, 0.25) is 5.91 Å². The van der Waals surface area contributed by atoms with Crippen molar-refractivity contribution >= 4 is 28.2 Å². The molecule has 20 heavy (non-hydrogen) atoms. The van der Waals surface area contributed by atoms with Gasteiger partial charge in [0.15, 0.2) is 0 Å². The van der Waals surface area contributed by atoms with Gasteiger partial charge in [0, 0.05) is 18.5 Å². The Morgan fingerprint density at radius 2 is 2.20 bits per heavy atom. The van der Waals surface area contributed by atoms with Gasteiger partial charge in [-0.2, -0.15) is 5.10 Å². The molecule has 1 aliphatic heterocycles. The molecule has 0 aliphatic carbocycles. The number of carbonyl (C=O) groups is 1. The fourth-order valence-electron chi connectivity index (χ4n) is 2.64. The van der Waals surface area contributed by atoms with Gasteiger partial charge in [-0.3, -0.25) is 9.89 Å². The normalized spacial score (nSPS) is 16.6. The van der Waals surface area contributed by atoms with Crippen LogP contribution >= 0.6 is 0 Å². The molecule has 1 aromatic carbocycles. The van der Waals surface area contributed by atoms with E-state index in [2.05, 4.69) is 15.5 Å². The molecule has 1 fully saturated rings. The van der Waals surface area contributed by atoms with Crippen molar-refractivity contribution in [3.63, 3.8) is 0 Å². The number of nitrogens with one attached hydrogen (secondary N) is 2. The monoisotopic (exact) mass is 273 g/mol. The van der Waals surface area contributed by atoms with E-state index in [4.69, 9.17) is 5.73 Å². The summed E-state index contributed by atoms with van der Waals surface area (Å²) < 4.78 is 0. The molecule has 0 saturated carbocycles. The smallest absolute Gasteiger partial charge is 0.244 e. The molecular weight excluding hydrogens is 254 g/mol. The van der Waals surface area contributed by atoms with Gasteiger partial charge in [-0.05, 0) is 31.9 Å². The fraction of sp³-hybridized carbons (Fsp3) is 0.429. The number of carbonyl (C=O) groups excluding carboxylic acids is 1. The summed E-state index contributed by atoms with van der Waals surface area (Å²) in [5.74, 6) is 0.131. The standard InChI is InChI=1S/C14H19N5O/c1-9(14(20)19-4-2-3-5-19)17-13-7-12-10(6-11(13)15)8-16-18-12/h6-9,17H,2-5,15H2,1H3,(H,16,18). The molecular formula is C14H19N5O. The van der Waals surface area contributed by atoms with Gasteiger partial charge in [0.05, 0.1) is 23.1 Å². The molecule has 3 rings (SSSR count). The van der Waals surface area contributed by atoms with Crippen LogP contribution in [0, 0.1) is 0 Å². The average Bonchev–Trinajstić information content (AvgIpc) is 3.08. The molecule has 6 heteroatoms. The number of H-pyrrole nitrogens is 1. The molecule has 1 saturated heterocycles. The quantitative estimate of drug-likeness (QED) is 0.741. The Kier molecular flexibility index (Phi) is 3.22. The second kappa shape index (κ2) is 5.03. The number of likely N-dealkylation sites (tertiary alicyclic amines) is 1. The molecule has 1 aliphatic rings. The first-order valence-corrected chi connectivity index (χ1v) is 6.93. The lowest BCUT2D eigenvalue weighted by molar-refractivity contribution is -0.130. The molecule has 106 valence electrons. The number of nitrogen functional groups attached to an aromatic ring is 1. The summed E-state index contributed by atoms with van der Waals surface area (Å²) in [5, 5.41) is 11.1. The minimum atomic E-state index is -0.282. The van der Waals surface area contributed by atoms with E-state index in [1.807, 2.05) is 24.0 Å². The third-order valence-corrected chi connectivity index (χ3v) is 3.77. The number of nitrogens with zero attached hydrogens (tertiary/aromatic N) is 2. The lowest BCUT2D eigenvalue weighted by atomic mass is 10.2. The van der Waals surface area contributed by atoms with Gasteiger partial charge in [0.1, 0.15) is 6.04 Å². The lowest BCUT2D eigenvalue weighted by Crippen LogP contribution is -2.39. The minimum absolute atomic E-state index is 0.131. The highest BCUT2D eigenvalue weighted by Gasteiger charge is 2.23. The Hall–Kier alpha value is -2.24. The highest BCUT2D eigenvalue weighted by atomic mass is 16.2. The van der Waals surface area contributed by atoms with Crippen LogP contribution in [0.4, 0.5) is 11.4 Å². The van der Waals surface area contributed by atoms with Gasteiger partial charge in [-0.25, -0.2) is 0 Å². The first-order chi connectivity index (χ1) is 9.65. The van der Waals surface area contributed by atoms with E-state index in [0.717, 1.165) is 42.5 Å². The second-order valence-electron chi connectivity index (χ2n) is 5.30. The maximum Gasteiger partial charge on any atom is 0.244 e. The number of rotatable bonds is 3. The Balaban J connectivity index is 1.77. The highest BCUT2D eigenvalue weighted by Crippen LogP contribution is 2.25. The number of anilines is 2. The summed E-state index contributed by atoms with van der Waals surface area (Å²) in [4.78, 5) is 14.2. The van der Waals surface area contributed by atoms with Crippen LogP contribution in [0.1, 0.15) is 19.8 Å². The maximum absolute atomic E-state index is 12.3. The third kappa shape index (κ3) is 2.29. The predicted molar refractivity (Wildman–Crippen MR) is 79.4 cm³/mol. The Bertz CT molecular complexity index is 630. The number of hydrogen-bond donors (Lipinski definition) is 3. The summed E-state index contributed by atoms with van der Waals surface area (Å²) in [7, 11) is 0. The van der Waals surface area contributed by atoms with Crippen molar-refractivity contribution in [2.75, 3.05) is 24.1 Å². The highest BCUT2D eigenvalue weighted by molar-refractivity contribution is 5.91. The maximum atomic E-state index is 12.3. The van der Waals surface area contributed by atoms with E-state index in [-0.39, 0.29) is 11.9 Å². The molecule has 0 radical (unpaired) electrons. The van der Waals surface area contributed by atoms with Crippen molar-refractivity contribution in [3.05, 3.63) is 18.3 Å². The summed E-state index contributed by atoms with van der Waals surface area (Å²) in [6, 6.07) is 3.47. The Labute approximate surface area is 117 Å². The number of nitrogens with two attached hydrogens (primary N) is 1. The number of aromatic nitrogens is 2. The summed E-state index contributed by atoms with van der Waals surface area (Å²) in [6.07, 6.45) is 3.93. The number of amides is 1. The van der Waals surface area contributed by atoms with Crippen LogP contribution in [-0.4, -0.2) is 40.1 Å². The van der Waals surface area contributed by atoms with Crippen LogP contribution in [0.25, 0.3) is 10.9 Å². The number of benzene rings is 1. The van der Waals surface area contributed by atoms with Crippen LogP contribution in [0.5, 0.6) is 0 Å². The third-order valence-electron chi connectivity index (χ3n) is 3.77. The zero-order chi connectivity index (χ0) is 14.1. The predicted octanol–water partition coefficient (Wildman–Crippen LogP) is 1.57. The second-order valence-corrected chi connectivity index (χ2v) is 5.30. The number of fused-ring (bicyclic) bond motifs is 1. The average molecular weight is 273 g/mol. The Morgan fingerprint density at radius 3 is 2.95 bits per heavy atom. The van der Waals surface area contributed by atoms with E-state index in [1.165, 1.54) is 0 Å². The summed E-state index contributed by atoms with van der Waals surface area (Å²) in [6.45, 7) is 3.59. The molecule has 4 N–H and O–H groups in total. The van der Waals surface area contributed by atoms with Crippen LogP contribution in [0.15, 0.2) is 18.3 Å². The molecule has 0 bridgehead atoms. The summed E-state index contributed by atoms with van der Waals surface area (Å²) >= 11 is 0. The van der Waals surface area contributed by atoms with Crippen molar-refractivity contribution in [1.82, 2.24) is 15.1 Å². The zero-order valence-electron chi connectivity index (χ0n) is 11.5. The number of hydrogen-bond acceptors (Lipinski definition) is 4. The lowest BCUT2D eigenvalue weighted by Gasteiger charge is -2.22. The largest absolute Gasteiger partial charge is 0.397 e. The number of aromatic amines is 1. The zero-order valence-corrected chi connectivity index (χ0v) is 11.5. The molecule has 1 amide bonds. The molecule has 2 heterocycles. The van der Waals surface area contributed by atoms with Crippen molar-refractivity contribution < 1.29 is 4.79 Å². The van der Waals surface area contributed by atoms with Gasteiger partial charge < -0.3 is 16.0 Å². The molecule has 6 nitrogen and oxygen atoms in total. The molecule has 0 spiro atoms. The van der Waals surface area contributed by atoms with Gasteiger partial charge >= 0.3 is 0 Å². The van der Waals surface area contributed by atoms with Gasteiger partial charge in [-0.15, -0.1) is 0 Å². The van der Waals surface area contributed by atoms with E-state index < -0.39 is 0 Å². The Morgan fingerprint density at radius 1 is 1.45 bits per heavy atom. The van der Waals surface area contributed by atoms with Crippen LogP contribution in [0.3, 0.4) is 0 Å². The topological polar surface area (TPSA) is 87.0 Å². The van der Waals surface area contributed by atoms with Crippen molar-refractivity contribution in [3.8, 4) is 0 Å². The van der Waals surface area contributed by atoms with E-state index in [0.29, 0.717) is 5.69 Å². The van der Waals surface area contributed by atoms with Crippen LogP contribution in [-0.2, 0) is 4.79 Å². The molecule has 1 aromatic heterocycles. The van der Waals surface area contributed by atoms with Gasteiger partial charge in [-0.1, -0.05) is 0 Å². The fourth-order valence-corrected chi connectivity index (χ4v) is 2.64. The first kappa shape index (κ1) is 12.8. The SMILES string of the molecule is CC(Nc1cc2[nH]ncc2cc1N)C(=O)N1CCCC1. The molecule has 2 aromatic rings. The van der Waals surface area contributed by atoms with Crippen molar-refractivity contribution in [2.45, 2.75) is 25.8 Å². The van der Waals surface area contributed by atoms with E-state index in [1.54, 1.807) is 6.20 Å². The van der Waals surface area contributed by atoms with Crippen LogP contribution in [0.2, 0.25) is 0 Å². The summed E-state index contributed by atoms with van der Waals surface area (Å²) in [5.41, 5.74) is 8.31. The van der Waals surface area contributed by atoms with Crippen molar-refractivity contribution in [2.24, 2.45) is 0 Å². The van der Waals surface area contributed by atoms with Crippen LogP contribution < -0.4 is 11.1 Å². The minimum Gasteiger partial charge on any atom is -0.397 e. The first-order valence-electron chi connectivity index (χ1n) is 6.93. The van der Waals surface area contributed by atoms with Crippen molar-refractivity contribution in [1.29, 1.82) is 0 Å².